The molecular formula is C19H22BrN3O5. The molecule has 1 N–H and O–H groups in total. The van der Waals surface area contributed by atoms with Crippen molar-refractivity contribution >= 4 is 38.9 Å². The number of amides is 1. The Hall–Kier alpha value is -2.42. The SMILES string of the molecule is CC(C)(C)OC(=O)N1C[C@H](Oc2ncnc3ccc(Br)cc23)C[C@@]1(C)C(=O)O. The maximum absolute atomic E-state index is 12.6. The van der Waals surface area contributed by atoms with Crippen molar-refractivity contribution in [3.8, 4) is 5.88 Å². The number of carbonyl (C=O) groups excluding carboxylic acids is 1. The van der Waals surface area contributed by atoms with Crippen LogP contribution in [0.1, 0.15) is 34.1 Å². The number of likely N-dealkylation sites (tertiary alicyclic amines) is 1. The second kappa shape index (κ2) is 7.20. The maximum atomic E-state index is 12.6. The number of fused-ring (bicyclic) bond motifs is 1. The fourth-order valence-corrected chi connectivity index (χ4v) is 3.52. The van der Waals surface area contributed by atoms with Gasteiger partial charge in [0.25, 0.3) is 0 Å². The van der Waals surface area contributed by atoms with Crippen LogP contribution in [0, 0.1) is 0 Å². The van der Waals surface area contributed by atoms with Gasteiger partial charge in [0, 0.05) is 10.9 Å². The second-order valence-corrected chi connectivity index (χ2v) is 8.87. The molecule has 3 rings (SSSR count). The molecule has 1 aromatic heterocycles. The summed E-state index contributed by atoms with van der Waals surface area (Å²) in [5, 5.41) is 10.4. The molecule has 1 saturated heterocycles. The molecule has 1 aliphatic rings. The number of halogens is 1. The molecule has 2 aromatic rings. The van der Waals surface area contributed by atoms with Gasteiger partial charge >= 0.3 is 12.1 Å². The van der Waals surface area contributed by atoms with Crippen LogP contribution in [-0.2, 0) is 9.53 Å². The Bertz CT molecular complexity index is 929. The van der Waals surface area contributed by atoms with Crippen molar-refractivity contribution in [2.75, 3.05) is 6.54 Å². The third-order valence-corrected chi connectivity index (χ3v) is 5.01. The average Bonchev–Trinajstić information content (AvgIpc) is 2.92. The van der Waals surface area contributed by atoms with Gasteiger partial charge in [-0.25, -0.2) is 19.6 Å². The third-order valence-electron chi connectivity index (χ3n) is 4.52. The largest absolute Gasteiger partial charge is 0.480 e. The number of hydrogen-bond donors (Lipinski definition) is 1. The van der Waals surface area contributed by atoms with Crippen LogP contribution >= 0.6 is 15.9 Å². The molecule has 9 heteroatoms. The summed E-state index contributed by atoms with van der Waals surface area (Å²) in [6.45, 7) is 6.78. The summed E-state index contributed by atoms with van der Waals surface area (Å²) in [6.07, 6.45) is 0.272. The first kappa shape index (κ1) is 20.3. The fraction of sp³-hybridized carbons (Fsp3) is 0.474. The number of aliphatic carboxylic acids is 1. The zero-order chi connectivity index (χ0) is 20.7. The number of rotatable bonds is 3. The number of nitrogens with zero attached hydrogens (tertiary/aromatic N) is 3. The van der Waals surface area contributed by atoms with Crippen LogP contribution in [0.4, 0.5) is 4.79 Å². The Labute approximate surface area is 171 Å². The molecule has 0 unspecified atom stereocenters. The average molecular weight is 452 g/mol. The van der Waals surface area contributed by atoms with Crippen LogP contribution in [0.2, 0.25) is 0 Å². The van der Waals surface area contributed by atoms with Gasteiger partial charge in [0.2, 0.25) is 5.88 Å². The van der Waals surface area contributed by atoms with Crippen molar-refractivity contribution in [1.29, 1.82) is 0 Å². The summed E-state index contributed by atoms with van der Waals surface area (Å²) in [5.74, 6) is -0.769. The van der Waals surface area contributed by atoms with Gasteiger partial charge in [-0.15, -0.1) is 0 Å². The normalized spacial score (nSPS) is 22.3. The lowest BCUT2D eigenvalue weighted by molar-refractivity contribution is -0.148. The molecule has 150 valence electrons. The molecule has 0 spiro atoms. The van der Waals surface area contributed by atoms with Crippen LogP contribution in [-0.4, -0.2) is 55.8 Å². The molecule has 1 aromatic carbocycles. The Kier molecular flexibility index (Phi) is 5.22. The Morgan fingerprint density at radius 3 is 2.68 bits per heavy atom. The number of ether oxygens (including phenoxy) is 2. The summed E-state index contributed by atoms with van der Waals surface area (Å²) in [4.78, 5) is 34.1. The topological polar surface area (TPSA) is 102 Å². The van der Waals surface area contributed by atoms with Gasteiger partial charge < -0.3 is 14.6 Å². The van der Waals surface area contributed by atoms with E-state index in [0.29, 0.717) is 16.8 Å². The summed E-state index contributed by atoms with van der Waals surface area (Å²) in [7, 11) is 0. The zero-order valence-electron chi connectivity index (χ0n) is 16.1. The Balaban J connectivity index is 1.88. The molecule has 28 heavy (non-hydrogen) atoms. The molecule has 0 saturated carbocycles. The fourth-order valence-electron chi connectivity index (χ4n) is 3.15. The first-order chi connectivity index (χ1) is 13.0. The van der Waals surface area contributed by atoms with Crippen LogP contribution in [0.15, 0.2) is 29.0 Å². The second-order valence-electron chi connectivity index (χ2n) is 7.95. The first-order valence-electron chi connectivity index (χ1n) is 8.80. The van der Waals surface area contributed by atoms with E-state index in [1.54, 1.807) is 20.8 Å². The number of hydrogen-bond acceptors (Lipinski definition) is 6. The number of carboxylic acid groups (broad SMARTS) is 1. The van der Waals surface area contributed by atoms with Gasteiger partial charge in [-0.05, 0) is 45.9 Å². The molecule has 2 heterocycles. The molecular weight excluding hydrogens is 430 g/mol. The van der Waals surface area contributed by atoms with Gasteiger partial charge in [-0.2, -0.15) is 0 Å². The van der Waals surface area contributed by atoms with Crippen molar-refractivity contribution in [2.24, 2.45) is 0 Å². The number of carbonyl (C=O) groups is 2. The smallest absolute Gasteiger partial charge is 0.411 e. The van der Waals surface area contributed by atoms with Crippen LogP contribution < -0.4 is 4.74 Å². The minimum atomic E-state index is -1.43. The van der Waals surface area contributed by atoms with E-state index in [-0.39, 0.29) is 13.0 Å². The lowest BCUT2D eigenvalue weighted by Gasteiger charge is -2.32. The zero-order valence-corrected chi connectivity index (χ0v) is 17.7. The minimum absolute atomic E-state index is 0.0806. The summed E-state index contributed by atoms with van der Waals surface area (Å²) in [5.41, 5.74) is -1.46. The predicted molar refractivity (Wildman–Crippen MR) is 105 cm³/mol. The van der Waals surface area contributed by atoms with E-state index in [1.807, 2.05) is 18.2 Å². The van der Waals surface area contributed by atoms with Crippen molar-refractivity contribution in [3.63, 3.8) is 0 Å². The van der Waals surface area contributed by atoms with Crippen molar-refractivity contribution in [2.45, 2.75) is 51.4 Å². The first-order valence-corrected chi connectivity index (χ1v) is 9.60. The third kappa shape index (κ3) is 4.04. The van der Waals surface area contributed by atoms with E-state index in [9.17, 15) is 14.7 Å². The van der Waals surface area contributed by atoms with Gasteiger partial charge in [0.05, 0.1) is 17.4 Å². The quantitative estimate of drug-likeness (QED) is 0.759. The van der Waals surface area contributed by atoms with Gasteiger partial charge in [0.1, 0.15) is 23.6 Å². The van der Waals surface area contributed by atoms with E-state index in [4.69, 9.17) is 9.47 Å². The monoisotopic (exact) mass is 451 g/mol. The van der Waals surface area contributed by atoms with Crippen LogP contribution in [0.25, 0.3) is 10.9 Å². The van der Waals surface area contributed by atoms with E-state index >= 15 is 0 Å². The number of aromatic nitrogens is 2. The van der Waals surface area contributed by atoms with Gasteiger partial charge in [-0.1, -0.05) is 15.9 Å². The van der Waals surface area contributed by atoms with E-state index in [1.165, 1.54) is 18.2 Å². The van der Waals surface area contributed by atoms with Crippen LogP contribution in [0.5, 0.6) is 5.88 Å². The molecule has 0 aliphatic carbocycles. The van der Waals surface area contributed by atoms with Gasteiger partial charge in [0.15, 0.2) is 0 Å². The predicted octanol–water partition coefficient (Wildman–Crippen LogP) is 3.62. The maximum Gasteiger partial charge on any atom is 0.411 e. The molecule has 1 fully saturated rings. The van der Waals surface area contributed by atoms with Crippen molar-refractivity contribution in [3.05, 3.63) is 29.0 Å². The summed E-state index contributed by atoms with van der Waals surface area (Å²) < 4.78 is 12.2. The highest BCUT2D eigenvalue weighted by molar-refractivity contribution is 9.10. The lowest BCUT2D eigenvalue weighted by atomic mass is 9.98. The Morgan fingerprint density at radius 2 is 2.04 bits per heavy atom. The minimum Gasteiger partial charge on any atom is -0.480 e. The van der Waals surface area contributed by atoms with E-state index < -0.39 is 29.3 Å². The molecule has 0 radical (unpaired) electrons. The summed E-state index contributed by atoms with van der Waals surface area (Å²) >= 11 is 3.41. The number of carboxylic acids is 1. The molecule has 8 nitrogen and oxygen atoms in total. The van der Waals surface area contributed by atoms with E-state index in [2.05, 4.69) is 25.9 Å². The molecule has 1 aliphatic heterocycles. The molecule has 2 atom stereocenters. The highest BCUT2D eigenvalue weighted by Crippen LogP contribution is 2.34. The standard InChI is InChI=1S/C19H22BrN3O5/c1-18(2,3)28-17(26)23-9-12(8-19(23,4)16(24)25)27-15-13-7-11(20)5-6-14(13)21-10-22-15/h5-7,10,12H,8-9H2,1-4H3,(H,24,25)/t12-,19+/m1/s1. The van der Waals surface area contributed by atoms with Crippen molar-refractivity contribution < 1.29 is 24.2 Å². The van der Waals surface area contributed by atoms with Gasteiger partial charge in [-0.3, -0.25) is 4.90 Å². The highest BCUT2D eigenvalue weighted by Gasteiger charge is 2.52. The van der Waals surface area contributed by atoms with Crippen LogP contribution in [0.3, 0.4) is 0 Å². The summed E-state index contributed by atoms with van der Waals surface area (Å²) in [6, 6.07) is 5.53. The van der Waals surface area contributed by atoms with Crippen molar-refractivity contribution in [1.82, 2.24) is 14.9 Å². The molecule has 1 amide bonds. The molecule has 0 bridgehead atoms. The highest BCUT2D eigenvalue weighted by atomic mass is 79.9. The van der Waals surface area contributed by atoms with E-state index in [0.717, 1.165) is 4.47 Å². The number of benzene rings is 1. The lowest BCUT2D eigenvalue weighted by Crippen LogP contribution is -2.52. The Morgan fingerprint density at radius 1 is 1.32 bits per heavy atom.